The lowest BCUT2D eigenvalue weighted by molar-refractivity contribution is -0.206. The van der Waals surface area contributed by atoms with Gasteiger partial charge >= 0.3 is 5.97 Å². The third-order valence-corrected chi connectivity index (χ3v) is 8.53. The van der Waals surface area contributed by atoms with Crippen LogP contribution >= 0.6 is 11.8 Å². The number of amides is 1. The smallest absolute Gasteiger partial charge is 0.349 e. The van der Waals surface area contributed by atoms with Crippen molar-refractivity contribution in [3.05, 3.63) is 65.7 Å². The first-order valence-corrected chi connectivity index (χ1v) is 14.5. The number of rotatable bonds is 11. The van der Waals surface area contributed by atoms with Crippen LogP contribution in [0.1, 0.15) is 24.5 Å². The van der Waals surface area contributed by atoms with Crippen LogP contribution < -0.4 is 5.32 Å². The van der Waals surface area contributed by atoms with E-state index in [0.717, 1.165) is 24.4 Å². The summed E-state index contributed by atoms with van der Waals surface area (Å²) in [6, 6.07) is 14.1. The number of hydrogen-bond donors (Lipinski definition) is 4. The second-order valence-electron chi connectivity index (χ2n) is 9.27. The number of thioether (sulfide) groups is 1. The van der Waals surface area contributed by atoms with Crippen LogP contribution in [0, 0.1) is 6.92 Å². The number of aryl methyl sites for hydroxylation is 1. The molecule has 1 amide bonds. The molecule has 2 aromatic rings. The van der Waals surface area contributed by atoms with E-state index in [2.05, 4.69) is 5.32 Å². The zero-order valence-corrected chi connectivity index (χ0v) is 23.4. The average Bonchev–Trinajstić information content (AvgIpc) is 2.89. The molecule has 3 rings (SSSR count). The lowest BCUT2D eigenvalue weighted by atomic mass is 9.89. The molecule has 4 N–H and O–H groups in total. The summed E-state index contributed by atoms with van der Waals surface area (Å²) in [5.74, 6) is -1.88. The summed E-state index contributed by atoms with van der Waals surface area (Å²) in [6.07, 6.45) is -6.99. The van der Waals surface area contributed by atoms with Gasteiger partial charge in [0, 0.05) is 18.2 Å². The third kappa shape index (κ3) is 8.24. The van der Waals surface area contributed by atoms with Gasteiger partial charge < -0.3 is 30.1 Å². The Kier molecular flexibility index (Phi) is 10.5. The van der Waals surface area contributed by atoms with E-state index in [4.69, 9.17) is 13.7 Å². The van der Waals surface area contributed by atoms with E-state index in [1.165, 1.54) is 6.92 Å². The van der Waals surface area contributed by atoms with Gasteiger partial charge in [-0.25, -0.2) is 4.79 Å². The fourth-order valence-electron chi connectivity index (χ4n) is 4.16. The monoisotopic (exact) mass is 583 g/mol. The van der Waals surface area contributed by atoms with E-state index in [9.17, 15) is 33.3 Å². The van der Waals surface area contributed by atoms with Crippen molar-refractivity contribution < 1.29 is 47.0 Å². The Morgan fingerprint density at radius 3 is 2.38 bits per heavy atom. The van der Waals surface area contributed by atoms with E-state index in [-0.39, 0.29) is 6.42 Å². The fourth-order valence-corrected chi connectivity index (χ4v) is 6.42. The van der Waals surface area contributed by atoms with E-state index >= 15 is 0 Å². The molecule has 6 atom stereocenters. The third-order valence-electron chi connectivity index (χ3n) is 6.08. The van der Waals surface area contributed by atoms with Crippen LogP contribution in [0.25, 0.3) is 0 Å². The van der Waals surface area contributed by atoms with Gasteiger partial charge in [-0.2, -0.15) is 8.42 Å². The van der Waals surface area contributed by atoms with Crippen molar-refractivity contribution in [1.29, 1.82) is 0 Å². The molecule has 2 aromatic carbocycles. The molecule has 214 valence electrons. The first-order chi connectivity index (χ1) is 18.4. The van der Waals surface area contributed by atoms with Crippen LogP contribution in [0.5, 0.6) is 0 Å². The van der Waals surface area contributed by atoms with Gasteiger partial charge in [0.2, 0.25) is 10.8 Å². The van der Waals surface area contributed by atoms with Gasteiger partial charge in [0.05, 0.1) is 25.9 Å². The van der Waals surface area contributed by atoms with Crippen molar-refractivity contribution in [2.45, 2.75) is 66.3 Å². The maximum atomic E-state index is 13.0. The minimum Gasteiger partial charge on any atom is -0.466 e. The van der Waals surface area contributed by atoms with Crippen LogP contribution in [0.3, 0.4) is 0 Å². The number of carbonyl (C=O) groups is 2. The van der Waals surface area contributed by atoms with Gasteiger partial charge in [-0.05, 0) is 24.6 Å². The Balaban J connectivity index is 1.84. The number of ether oxygens (including phenoxy) is 2. The fraction of sp³-hybridized carbons (Fsp3) is 0.462. The molecule has 0 unspecified atom stereocenters. The van der Waals surface area contributed by atoms with Crippen LogP contribution in [0.15, 0.2) is 59.5 Å². The van der Waals surface area contributed by atoms with Crippen molar-refractivity contribution in [3.63, 3.8) is 0 Å². The number of hydrogen-bond acceptors (Lipinski definition) is 11. The predicted octanol–water partition coefficient (Wildman–Crippen LogP) is 0.879. The average molecular weight is 584 g/mol. The molecule has 1 aliphatic rings. The van der Waals surface area contributed by atoms with Gasteiger partial charge in [0.1, 0.15) is 24.1 Å². The number of benzene rings is 2. The van der Waals surface area contributed by atoms with Crippen molar-refractivity contribution in [2.24, 2.45) is 0 Å². The molecule has 1 fully saturated rings. The van der Waals surface area contributed by atoms with Crippen LogP contribution in [0.4, 0.5) is 0 Å². The second kappa shape index (κ2) is 13.2. The highest BCUT2D eigenvalue weighted by Gasteiger charge is 2.56. The van der Waals surface area contributed by atoms with E-state index in [0.29, 0.717) is 10.5 Å². The topological polar surface area (TPSA) is 169 Å². The molecule has 11 nitrogen and oxygen atoms in total. The normalized spacial score (nSPS) is 24.9. The van der Waals surface area contributed by atoms with Gasteiger partial charge in [-0.15, -0.1) is 0 Å². The minimum atomic E-state index is -4.13. The Morgan fingerprint density at radius 1 is 1.15 bits per heavy atom. The molecule has 0 bridgehead atoms. The largest absolute Gasteiger partial charge is 0.466 e. The van der Waals surface area contributed by atoms with Gasteiger partial charge in [0.15, 0.2) is 0 Å². The Hall–Kier alpha value is -2.52. The molecule has 0 saturated carbocycles. The lowest BCUT2D eigenvalue weighted by Crippen LogP contribution is -2.66. The van der Waals surface area contributed by atoms with E-state index in [1.807, 2.05) is 19.1 Å². The predicted molar refractivity (Wildman–Crippen MR) is 142 cm³/mol. The zero-order valence-electron chi connectivity index (χ0n) is 21.7. The number of methoxy groups -OCH3 is 1. The molecular formula is C26H33NO10S2. The van der Waals surface area contributed by atoms with Crippen LogP contribution in [0.2, 0.25) is 0 Å². The number of carbonyl (C=O) groups excluding carboxylic acids is 2. The summed E-state index contributed by atoms with van der Waals surface area (Å²) >= 11 is 0.940. The molecule has 13 heteroatoms. The van der Waals surface area contributed by atoms with E-state index in [1.54, 1.807) is 42.5 Å². The maximum Gasteiger partial charge on any atom is 0.349 e. The standard InChI is InChI=1S/C26H33NO10S2/c1-16-9-11-19(12-10-16)38-26(25(32)35-3)13-20(29)22(27-17(2)28)24(37-26)23(31)21(30)14-36-39(33,34)15-18-7-5-4-6-8-18/h4-12,20-24,29-31H,13-15H2,1-3H3,(H,27,28)/t20-,21+,22+,23+,24+,26+/m0/s1. The van der Waals surface area contributed by atoms with Crippen molar-refractivity contribution in [2.75, 3.05) is 13.7 Å². The lowest BCUT2D eigenvalue weighted by Gasteiger charge is -2.47. The molecule has 0 spiro atoms. The molecule has 0 aromatic heterocycles. The van der Waals surface area contributed by atoms with Crippen LogP contribution in [-0.2, 0) is 39.1 Å². The number of aliphatic hydroxyl groups is 3. The number of esters is 1. The van der Waals surface area contributed by atoms with E-state index < -0.39 is 69.7 Å². The number of nitrogens with one attached hydrogen (secondary N) is 1. The first kappa shape index (κ1) is 31.0. The Morgan fingerprint density at radius 2 is 1.79 bits per heavy atom. The summed E-state index contributed by atoms with van der Waals surface area (Å²) in [4.78, 5) is 23.6. The summed E-state index contributed by atoms with van der Waals surface area (Å²) in [5, 5.41) is 35.2. The van der Waals surface area contributed by atoms with Gasteiger partial charge in [-0.3, -0.25) is 8.98 Å². The maximum absolute atomic E-state index is 13.0. The first-order valence-electron chi connectivity index (χ1n) is 12.1. The molecule has 1 heterocycles. The minimum absolute atomic E-state index is 0.315. The highest BCUT2D eigenvalue weighted by atomic mass is 32.2. The Labute approximate surface area is 231 Å². The summed E-state index contributed by atoms with van der Waals surface area (Å²) in [7, 11) is -2.99. The highest BCUT2D eigenvalue weighted by Crippen LogP contribution is 2.44. The second-order valence-corrected chi connectivity index (χ2v) is 12.2. The quantitative estimate of drug-likeness (QED) is 0.219. The molecule has 0 aliphatic carbocycles. The van der Waals surface area contributed by atoms with Gasteiger partial charge in [0.25, 0.3) is 10.1 Å². The number of aliphatic hydroxyl groups excluding tert-OH is 3. The Bertz CT molecular complexity index is 1230. The molecule has 39 heavy (non-hydrogen) atoms. The van der Waals surface area contributed by atoms with Gasteiger partial charge in [-0.1, -0.05) is 59.8 Å². The molecule has 1 aliphatic heterocycles. The van der Waals surface area contributed by atoms with Crippen molar-refractivity contribution in [3.8, 4) is 0 Å². The molecule has 0 radical (unpaired) electrons. The molecular weight excluding hydrogens is 550 g/mol. The summed E-state index contributed by atoms with van der Waals surface area (Å²) in [6.45, 7) is 2.24. The van der Waals surface area contributed by atoms with Crippen molar-refractivity contribution in [1.82, 2.24) is 5.32 Å². The molecule has 1 saturated heterocycles. The summed E-state index contributed by atoms with van der Waals surface area (Å²) < 4.78 is 40.8. The summed E-state index contributed by atoms with van der Waals surface area (Å²) in [5.41, 5.74) is 1.44. The SMILES string of the molecule is COC(=O)[C@]1(Sc2ccc(C)cc2)C[C@H](O)[C@@H](NC(C)=O)[C@H]([C@H](O)[C@H](O)COS(=O)(=O)Cc2ccccc2)O1. The van der Waals surface area contributed by atoms with Crippen LogP contribution in [-0.4, -0.2) is 84.7 Å². The zero-order chi connectivity index (χ0) is 28.8. The highest BCUT2D eigenvalue weighted by molar-refractivity contribution is 8.01. The van der Waals surface area contributed by atoms with Crippen molar-refractivity contribution >= 4 is 33.8 Å².